The highest BCUT2D eigenvalue weighted by molar-refractivity contribution is 6.02. The molecule has 4 heterocycles. The molecule has 0 aliphatic carbocycles. The second kappa shape index (κ2) is 5.57. The predicted molar refractivity (Wildman–Crippen MR) is 91.8 cm³/mol. The Morgan fingerprint density at radius 1 is 1.26 bits per heavy atom. The van der Waals surface area contributed by atoms with Gasteiger partial charge in [0.1, 0.15) is 11.6 Å². The Labute approximate surface area is 137 Å². The molecular formula is C18H24N4O. The monoisotopic (exact) mass is 312 g/mol. The van der Waals surface area contributed by atoms with Crippen LogP contribution in [-0.4, -0.2) is 35.4 Å². The molecule has 0 amide bonds. The Balaban J connectivity index is 1.66. The van der Waals surface area contributed by atoms with E-state index in [-0.39, 0.29) is 5.41 Å². The summed E-state index contributed by atoms with van der Waals surface area (Å²) in [5, 5.41) is 3.62. The minimum Gasteiger partial charge on any atom is -0.467 e. The zero-order valence-corrected chi connectivity index (χ0v) is 13.9. The molecule has 4 rings (SSSR count). The number of aromatic nitrogens is 1. The Bertz CT molecular complexity index is 705. The van der Waals surface area contributed by atoms with Crippen LogP contribution in [0.15, 0.2) is 40.2 Å². The van der Waals surface area contributed by atoms with Crippen molar-refractivity contribution < 1.29 is 4.42 Å². The summed E-state index contributed by atoms with van der Waals surface area (Å²) in [6, 6.07) is 3.91. The van der Waals surface area contributed by atoms with Gasteiger partial charge < -0.3 is 19.2 Å². The third-order valence-corrected chi connectivity index (χ3v) is 5.24. The Morgan fingerprint density at radius 3 is 2.83 bits per heavy atom. The molecular weight excluding hydrogens is 288 g/mol. The first kappa shape index (κ1) is 14.6. The van der Waals surface area contributed by atoms with Crippen LogP contribution in [0.1, 0.15) is 24.2 Å². The Kier molecular flexibility index (Phi) is 3.53. The number of hydrogen-bond donors (Lipinski definition) is 1. The first-order chi connectivity index (χ1) is 11.1. The maximum absolute atomic E-state index is 5.44. The largest absolute Gasteiger partial charge is 0.467 e. The number of nitrogens with one attached hydrogen (secondary N) is 1. The topological polar surface area (TPSA) is 45.7 Å². The van der Waals surface area contributed by atoms with Crippen molar-refractivity contribution in [2.45, 2.75) is 25.8 Å². The van der Waals surface area contributed by atoms with Gasteiger partial charge in [-0.2, -0.15) is 0 Å². The van der Waals surface area contributed by atoms with Crippen LogP contribution in [-0.2, 0) is 20.0 Å². The van der Waals surface area contributed by atoms with Crippen LogP contribution < -0.4 is 5.32 Å². The summed E-state index contributed by atoms with van der Waals surface area (Å²) in [5.41, 5.74) is 2.76. The van der Waals surface area contributed by atoms with Gasteiger partial charge in [-0.15, -0.1) is 0 Å². The smallest absolute Gasteiger partial charge is 0.125 e. The van der Waals surface area contributed by atoms with Gasteiger partial charge >= 0.3 is 0 Å². The lowest BCUT2D eigenvalue weighted by Crippen LogP contribution is -2.48. The highest BCUT2D eigenvalue weighted by Gasteiger charge is 2.42. The fourth-order valence-corrected chi connectivity index (χ4v) is 3.83. The lowest BCUT2D eigenvalue weighted by molar-refractivity contribution is 0.178. The van der Waals surface area contributed by atoms with Crippen molar-refractivity contribution in [3.05, 3.63) is 42.1 Å². The van der Waals surface area contributed by atoms with Gasteiger partial charge in [0.05, 0.1) is 18.5 Å². The second-order valence-corrected chi connectivity index (χ2v) is 6.99. The molecule has 122 valence electrons. The van der Waals surface area contributed by atoms with E-state index in [4.69, 9.17) is 9.41 Å². The molecule has 1 N–H and O–H groups in total. The van der Waals surface area contributed by atoms with Crippen LogP contribution in [0, 0.1) is 5.41 Å². The zero-order valence-electron chi connectivity index (χ0n) is 13.9. The SMILES string of the molecule is CN1CCC2(CC1)Cc1cn(C)cc1NC2=NCc1ccco1. The summed E-state index contributed by atoms with van der Waals surface area (Å²) in [6.07, 6.45) is 9.50. The number of likely N-dealkylation sites (tertiary alicyclic amines) is 1. The number of rotatable bonds is 2. The molecule has 23 heavy (non-hydrogen) atoms. The van der Waals surface area contributed by atoms with Gasteiger partial charge in [0.15, 0.2) is 0 Å². The average molecular weight is 312 g/mol. The van der Waals surface area contributed by atoms with Crippen LogP contribution >= 0.6 is 0 Å². The van der Waals surface area contributed by atoms with Crippen LogP contribution in [0.2, 0.25) is 0 Å². The standard InChI is InChI=1S/C18H24N4O/c1-21-7-5-18(6-8-21)10-14-12-22(2)13-16(14)20-17(18)19-11-15-4-3-9-23-15/h3-4,9,12-13H,5-8,10-11H2,1-2H3,(H,19,20). The number of piperidine rings is 1. The lowest BCUT2D eigenvalue weighted by atomic mass is 9.71. The molecule has 0 saturated carbocycles. The van der Waals surface area contributed by atoms with E-state index >= 15 is 0 Å². The van der Waals surface area contributed by atoms with E-state index in [1.54, 1.807) is 6.26 Å². The number of furan rings is 1. The third kappa shape index (κ3) is 2.70. The van der Waals surface area contributed by atoms with Crippen molar-refractivity contribution in [2.75, 3.05) is 25.5 Å². The predicted octanol–water partition coefficient (Wildman–Crippen LogP) is 2.90. The maximum atomic E-state index is 5.44. The minimum atomic E-state index is 0.146. The van der Waals surface area contributed by atoms with Crippen LogP contribution in [0.3, 0.4) is 0 Å². The molecule has 1 saturated heterocycles. The number of aryl methyl sites for hydroxylation is 1. The number of nitrogens with zero attached hydrogens (tertiary/aromatic N) is 3. The van der Waals surface area contributed by atoms with Gasteiger partial charge in [0.2, 0.25) is 0 Å². The maximum Gasteiger partial charge on any atom is 0.125 e. The van der Waals surface area contributed by atoms with Crippen molar-refractivity contribution >= 4 is 11.5 Å². The summed E-state index contributed by atoms with van der Waals surface area (Å²) in [6.45, 7) is 2.86. The van der Waals surface area contributed by atoms with E-state index in [2.05, 4.69) is 41.3 Å². The van der Waals surface area contributed by atoms with Gasteiger partial charge in [-0.05, 0) is 57.1 Å². The van der Waals surface area contributed by atoms with Gasteiger partial charge in [-0.25, -0.2) is 0 Å². The molecule has 5 heteroatoms. The van der Waals surface area contributed by atoms with Gasteiger partial charge in [-0.1, -0.05) is 0 Å². The van der Waals surface area contributed by atoms with E-state index in [1.165, 1.54) is 11.3 Å². The molecule has 2 aromatic heterocycles. The number of anilines is 1. The summed E-state index contributed by atoms with van der Waals surface area (Å²) < 4.78 is 7.58. The highest BCUT2D eigenvalue weighted by Crippen LogP contribution is 2.42. The Hall–Kier alpha value is -2.01. The summed E-state index contributed by atoms with van der Waals surface area (Å²) in [5.74, 6) is 2.06. The van der Waals surface area contributed by atoms with Crippen molar-refractivity contribution in [3.8, 4) is 0 Å². The molecule has 2 aliphatic rings. The molecule has 0 aromatic carbocycles. The fourth-order valence-electron chi connectivity index (χ4n) is 3.83. The Morgan fingerprint density at radius 2 is 2.09 bits per heavy atom. The van der Waals surface area contributed by atoms with Crippen molar-refractivity contribution in [3.63, 3.8) is 0 Å². The summed E-state index contributed by atoms with van der Waals surface area (Å²) in [4.78, 5) is 7.33. The van der Waals surface area contributed by atoms with Gasteiger partial charge in [0, 0.05) is 24.9 Å². The number of fused-ring (bicyclic) bond motifs is 1. The lowest BCUT2D eigenvalue weighted by Gasteiger charge is -2.44. The molecule has 5 nitrogen and oxygen atoms in total. The van der Waals surface area contributed by atoms with E-state index in [0.717, 1.165) is 43.9 Å². The van der Waals surface area contributed by atoms with Gasteiger partial charge in [0.25, 0.3) is 0 Å². The van der Waals surface area contributed by atoms with Crippen LogP contribution in [0.5, 0.6) is 0 Å². The molecule has 0 bridgehead atoms. The van der Waals surface area contributed by atoms with E-state index in [0.29, 0.717) is 6.54 Å². The second-order valence-electron chi connectivity index (χ2n) is 6.99. The van der Waals surface area contributed by atoms with Crippen LogP contribution in [0.25, 0.3) is 0 Å². The van der Waals surface area contributed by atoms with Crippen molar-refractivity contribution in [2.24, 2.45) is 17.5 Å². The molecule has 1 fully saturated rings. The van der Waals surface area contributed by atoms with Crippen molar-refractivity contribution in [1.29, 1.82) is 0 Å². The normalized spacial score (nSPS) is 22.3. The average Bonchev–Trinajstić information content (AvgIpc) is 3.16. The first-order valence-electron chi connectivity index (χ1n) is 8.32. The minimum absolute atomic E-state index is 0.146. The van der Waals surface area contributed by atoms with E-state index in [1.807, 2.05) is 12.1 Å². The van der Waals surface area contributed by atoms with Crippen molar-refractivity contribution in [1.82, 2.24) is 9.47 Å². The zero-order chi connectivity index (χ0) is 15.9. The molecule has 2 aromatic rings. The number of aliphatic imine (C=N–C) groups is 1. The molecule has 1 spiro atoms. The molecule has 2 aliphatic heterocycles. The van der Waals surface area contributed by atoms with E-state index < -0.39 is 0 Å². The number of amidine groups is 1. The fraction of sp³-hybridized carbons (Fsp3) is 0.500. The van der Waals surface area contributed by atoms with Crippen LogP contribution in [0.4, 0.5) is 5.69 Å². The molecule has 0 atom stereocenters. The first-order valence-corrected chi connectivity index (χ1v) is 8.32. The summed E-state index contributed by atoms with van der Waals surface area (Å²) >= 11 is 0. The molecule has 0 unspecified atom stereocenters. The quantitative estimate of drug-likeness (QED) is 0.927. The highest BCUT2D eigenvalue weighted by atomic mass is 16.3. The number of hydrogen-bond acceptors (Lipinski definition) is 3. The van der Waals surface area contributed by atoms with Gasteiger partial charge in [-0.3, -0.25) is 4.99 Å². The van der Waals surface area contributed by atoms with E-state index in [9.17, 15) is 0 Å². The summed E-state index contributed by atoms with van der Waals surface area (Å²) in [7, 11) is 4.29. The third-order valence-electron chi connectivity index (χ3n) is 5.24. The molecule has 0 radical (unpaired) electrons.